The van der Waals surface area contributed by atoms with Gasteiger partial charge in [-0.1, -0.05) is 23.9 Å². The molecule has 0 fully saturated rings. The van der Waals surface area contributed by atoms with Crippen LogP contribution in [-0.4, -0.2) is 27.8 Å². The maximum Gasteiger partial charge on any atom is 0.263 e. The van der Waals surface area contributed by atoms with Gasteiger partial charge in [-0.15, -0.1) is 34.0 Å². The number of rotatable bonds is 7. The molecular weight excluding hydrogens is 430 g/mol. The molecule has 0 aromatic carbocycles. The van der Waals surface area contributed by atoms with Gasteiger partial charge in [-0.3, -0.25) is 14.2 Å². The summed E-state index contributed by atoms with van der Waals surface area (Å²) in [5, 5.41) is 10.1. The van der Waals surface area contributed by atoms with Crippen LogP contribution in [0.5, 0.6) is 0 Å². The summed E-state index contributed by atoms with van der Waals surface area (Å²) >= 11 is 6.05. The monoisotopic (exact) mass is 447 g/mol. The molecule has 1 amide bonds. The fourth-order valence-electron chi connectivity index (χ4n) is 2.76. The van der Waals surface area contributed by atoms with E-state index in [-0.39, 0.29) is 17.2 Å². The van der Waals surface area contributed by atoms with Crippen molar-refractivity contribution in [3.63, 3.8) is 0 Å². The van der Waals surface area contributed by atoms with Crippen molar-refractivity contribution in [3.8, 4) is 10.4 Å². The molecule has 0 saturated heterocycles. The number of carbonyl (C=O) groups is 1. The molecule has 5 nitrogen and oxygen atoms in total. The molecule has 0 unspecified atom stereocenters. The molecule has 9 heteroatoms. The molecule has 144 valence electrons. The number of nitrogens with zero attached hydrogens (tertiary/aromatic N) is 2. The number of carbonyl (C=O) groups excluding carboxylic acids is 1. The molecule has 0 aliphatic heterocycles. The first kappa shape index (κ1) is 19.4. The summed E-state index contributed by atoms with van der Waals surface area (Å²) in [6.45, 7) is 0.612. The molecule has 4 rings (SSSR count). The summed E-state index contributed by atoms with van der Waals surface area (Å²) in [5.41, 5.74) is 0.862. The number of hydrogen-bond donors (Lipinski definition) is 1. The minimum atomic E-state index is -0.0738. The maximum atomic E-state index is 12.9. The van der Waals surface area contributed by atoms with Crippen molar-refractivity contribution in [3.05, 3.63) is 55.6 Å². The maximum absolute atomic E-state index is 12.9. The van der Waals surface area contributed by atoms with Gasteiger partial charge >= 0.3 is 0 Å². The summed E-state index contributed by atoms with van der Waals surface area (Å²) in [6, 6.07) is 8.05. The van der Waals surface area contributed by atoms with Crippen LogP contribution in [0.15, 0.2) is 50.4 Å². The molecule has 4 aromatic rings. The van der Waals surface area contributed by atoms with Gasteiger partial charge < -0.3 is 5.32 Å². The van der Waals surface area contributed by atoms with Gasteiger partial charge in [0.1, 0.15) is 4.83 Å². The molecule has 4 aromatic heterocycles. The Morgan fingerprint density at radius 2 is 2.04 bits per heavy atom. The Morgan fingerprint density at radius 3 is 2.79 bits per heavy atom. The average Bonchev–Trinajstić information content (AvgIpc) is 3.44. The van der Waals surface area contributed by atoms with E-state index in [9.17, 15) is 9.59 Å². The fourth-order valence-corrected chi connectivity index (χ4v) is 6.07. The van der Waals surface area contributed by atoms with E-state index < -0.39 is 0 Å². The first-order valence-electron chi connectivity index (χ1n) is 8.57. The highest BCUT2D eigenvalue weighted by atomic mass is 32.2. The first-order chi connectivity index (χ1) is 13.6. The third-order valence-electron chi connectivity index (χ3n) is 4.17. The van der Waals surface area contributed by atoms with E-state index in [0.717, 1.165) is 16.9 Å². The summed E-state index contributed by atoms with van der Waals surface area (Å²) in [5.74, 6) is 0.181. The number of fused-ring (bicyclic) bond motifs is 1. The Bertz CT molecular complexity index is 1140. The molecule has 0 saturated carbocycles. The van der Waals surface area contributed by atoms with E-state index in [2.05, 4.69) is 16.4 Å². The van der Waals surface area contributed by atoms with Crippen molar-refractivity contribution >= 4 is 61.9 Å². The van der Waals surface area contributed by atoms with Gasteiger partial charge in [0.05, 0.1) is 11.1 Å². The van der Waals surface area contributed by atoms with Gasteiger partial charge in [0.25, 0.3) is 5.56 Å². The number of thiophene rings is 3. The molecule has 0 bridgehead atoms. The topological polar surface area (TPSA) is 64.0 Å². The number of amides is 1. The van der Waals surface area contributed by atoms with Crippen molar-refractivity contribution in [2.24, 2.45) is 7.05 Å². The highest BCUT2D eigenvalue weighted by Crippen LogP contribution is 2.34. The van der Waals surface area contributed by atoms with Crippen LogP contribution in [0.3, 0.4) is 0 Å². The van der Waals surface area contributed by atoms with Crippen molar-refractivity contribution in [1.29, 1.82) is 0 Å². The zero-order valence-electron chi connectivity index (χ0n) is 15.0. The molecule has 4 heterocycles. The van der Waals surface area contributed by atoms with E-state index >= 15 is 0 Å². The van der Waals surface area contributed by atoms with Gasteiger partial charge in [0, 0.05) is 34.3 Å². The average molecular weight is 448 g/mol. The quantitative estimate of drug-likeness (QED) is 0.340. The standard InChI is InChI=1S/C19H17N3O2S4/c1-22-18(24)16-13(14-5-3-9-26-14)10-27-17(16)21-19(22)28-11-15(23)20-7-6-12-4-2-8-25-12/h2-5,8-10H,6-7,11H2,1H3,(H,20,23). The zero-order valence-corrected chi connectivity index (χ0v) is 18.3. The van der Waals surface area contributed by atoms with Crippen molar-refractivity contribution in [2.45, 2.75) is 11.6 Å². The van der Waals surface area contributed by atoms with Crippen LogP contribution in [0, 0.1) is 0 Å². The lowest BCUT2D eigenvalue weighted by Gasteiger charge is -2.08. The van der Waals surface area contributed by atoms with Crippen LogP contribution in [0.25, 0.3) is 20.7 Å². The highest BCUT2D eigenvalue weighted by Gasteiger charge is 2.16. The Labute approximate surface area is 178 Å². The van der Waals surface area contributed by atoms with E-state index in [1.54, 1.807) is 29.7 Å². The molecule has 0 spiro atoms. The van der Waals surface area contributed by atoms with Gasteiger partial charge in [0.2, 0.25) is 5.91 Å². The lowest BCUT2D eigenvalue weighted by atomic mass is 10.2. The molecule has 0 radical (unpaired) electrons. The number of hydrogen-bond acceptors (Lipinski definition) is 7. The normalized spacial score (nSPS) is 11.2. The Hall–Kier alpha value is -1.94. The van der Waals surface area contributed by atoms with Gasteiger partial charge in [-0.2, -0.15) is 0 Å². The Morgan fingerprint density at radius 1 is 1.21 bits per heavy atom. The largest absolute Gasteiger partial charge is 0.355 e. The molecule has 0 aliphatic rings. The lowest BCUT2D eigenvalue weighted by Crippen LogP contribution is -2.28. The fraction of sp³-hybridized carbons (Fsp3) is 0.211. The van der Waals surface area contributed by atoms with Crippen molar-refractivity contribution < 1.29 is 4.79 Å². The third-order valence-corrected chi connectivity index (χ3v) is 7.91. The van der Waals surface area contributed by atoms with Crippen LogP contribution >= 0.6 is 45.8 Å². The molecule has 28 heavy (non-hydrogen) atoms. The molecule has 0 atom stereocenters. The van der Waals surface area contributed by atoms with Gasteiger partial charge in [-0.25, -0.2) is 4.98 Å². The number of aromatic nitrogens is 2. The minimum absolute atomic E-state index is 0.0543. The second-order valence-corrected chi connectivity index (χ2v) is 9.81. The molecule has 1 N–H and O–H groups in total. The van der Waals surface area contributed by atoms with Crippen molar-refractivity contribution in [1.82, 2.24) is 14.9 Å². The lowest BCUT2D eigenvalue weighted by molar-refractivity contribution is -0.118. The summed E-state index contributed by atoms with van der Waals surface area (Å²) in [6.07, 6.45) is 0.831. The smallest absolute Gasteiger partial charge is 0.263 e. The van der Waals surface area contributed by atoms with E-state index in [1.807, 2.05) is 34.3 Å². The zero-order chi connectivity index (χ0) is 19.5. The van der Waals surface area contributed by atoms with Gasteiger partial charge in [-0.05, 0) is 29.3 Å². The predicted molar refractivity (Wildman–Crippen MR) is 120 cm³/mol. The summed E-state index contributed by atoms with van der Waals surface area (Å²) < 4.78 is 1.54. The number of thioether (sulfide) groups is 1. The van der Waals surface area contributed by atoms with Crippen LogP contribution < -0.4 is 10.9 Å². The highest BCUT2D eigenvalue weighted by molar-refractivity contribution is 7.99. The second-order valence-electron chi connectivity index (χ2n) is 6.03. The Balaban J connectivity index is 1.45. The van der Waals surface area contributed by atoms with Crippen LogP contribution in [-0.2, 0) is 18.3 Å². The first-order valence-corrected chi connectivity index (χ1v) is 12.2. The van der Waals surface area contributed by atoms with Gasteiger partial charge in [0.15, 0.2) is 5.16 Å². The van der Waals surface area contributed by atoms with Crippen LogP contribution in [0.4, 0.5) is 0 Å². The van der Waals surface area contributed by atoms with E-state index in [4.69, 9.17) is 0 Å². The Kier molecular flexibility index (Phi) is 5.96. The third kappa shape index (κ3) is 4.07. The predicted octanol–water partition coefficient (Wildman–Crippen LogP) is 4.24. The summed E-state index contributed by atoms with van der Waals surface area (Å²) in [7, 11) is 1.71. The van der Waals surface area contributed by atoms with E-state index in [1.165, 1.54) is 32.5 Å². The second kappa shape index (κ2) is 8.60. The number of nitrogens with one attached hydrogen (secondary N) is 1. The van der Waals surface area contributed by atoms with Crippen molar-refractivity contribution in [2.75, 3.05) is 12.3 Å². The molecule has 0 aliphatic carbocycles. The summed E-state index contributed by atoms with van der Waals surface area (Å²) in [4.78, 5) is 32.7. The SMILES string of the molecule is Cn1c(SCC(=O)NCCc2cccs2)nc2scc(-c3cccs3)c2c1=O. The minimum Gasteiger partial charge on any atom is -0.355 e. The van der Waals surface area contributed by atoms with E-state index in [0.29, 0.717) is 21.9 Å². The van der Waals surface area contributed by atoms with Crippen LogP contribution in [0.1, 0.15) is 4.88 Å². The van der Waals surface area contributed by atoms with Crippen LogP contribution in [0.2, 0.25) is 0 Å². The molecular formula is C19H17N3O2S4.